The molecule has 0 atom stereocenters. The van der Waals surface area contributed by atoms with Crippen LogP contribution in [0.25, 0.3) is 31.9 Å². The molecule has 0 unspecified atom stereocenters. The van der Waals surface area contributed by atoms with Gasteiger partial charge in [0.2, 0.25) is 5.88 Å². The van der Waals surface area contributed by atoms with Crippen LogP contribution < -0.4 is 4.74 Å². The summed E-state index contributed by atoms with van der Waals surface area (Å²) in [6.07, 6.45) is 4.02. The van der Waals surface area contributed by atoms with E-state index in [1.807, 2.05) is 19.1 Å². The van der Waals surface area contributed by atoms with E-state index in [1.165, 1.54) is 5.56 Å². The highest BCUT2D eigenvalue weighted by atomic mass is 32.1. The molecule has 4 aromatic rings. The van der Waals surface area contributed by atoms with Crippen molar-refractivity contribution in [2.24, 2.45) is 0 Å². The highest BCUT2D eigenvalue weighted by molar-refractivity contribution is 7.25. The Morgan fingerprint density at radius 3 is 2.93 bits per heavy atom. The normalized spacial score (nSPS) is 16.0. The Bertz CT molecular complexity index is 1150. The smallest absolute Gasteiger partial charge is 0.234 e. The molecule has 4 aromatic heterocycles. The standard InChI is InChI=1S/C20H19N3O3S/c1-4-24-18-17-16(21-10-22-18)14-11-8-20(2,3)26-9-12(11)15(23-19(14)27-17)13-6-5-7-25-13/h5-7,10H,4,8-9H2,1-3H3. The molecule has 0 aromatic carbocycles. The predicted molar refractivity (Wildman–Crippen MR) is 104 cm³/mol. The van der Waals surface area contributed by atoms with Gasteiger partial charge in [0.15, 0.2) is 5.76 Å². The Balaban J connectivity index is 1.88. The number of pyridine rings is 1. The van der Waals surface area contributed by atoms with Crippen LogP contribution >= 0.6 is 11.3 Å². The van der Waals surface area contributed by atoms with Crippen molar-refractivity contribution in [1.29, 1.82) is 0 Å². The Labute approximate surface area is 160 Å². The summed E-state index contributed by atoms with van der Waals surface area (Å²) in [7, 11) is 0. The van der Waals surface area contributed by atoms with Gasteiger partial charge in [0, 0.05) is 17.4 Å². The molecule has 138 valence electrons. The molecule has 0 saturated heterocycles. The summed E-state index contributed by atoms with van der Waals surface area (Å²) in [5, 5.41) is 1.08. The number of aromatic nitrogens is 3. The van der Waals surface area contributed by atoms with E-state index in [9.17, 15) is 0 Å². The molecule has 0 N–H and O–H groups in total. The Kier molecular flexibility index (Phi) is 3.70. The molecule has 0 bridgehead atoms. The molecule has 0 fully saturated rings. The third kappa shape index (κ3) is 2.61. The summed E-state index contributed by atoms with van der Waals surface area (Å²) in [4.78, 5) is 14.8. The highest BCUT2D eigenvalue weighted by Crippen LogP contribution is 2.44. The molecular formula is C20H19N3O3S. The van der Waals surface area contributed by atoms with Crippen molar-refractivity contribution in [1.82, 2.24) is 15.0 Å². The third-order valence-corrected chi connectivity index (χ3v) is 5.89. The van der Waals surface area contributed by atoms with Crippen LogP contribution in [0.4, 0.5) is 0 Å². The molecule has 7 heteroatoms. The monoisotopic (exact) mass is 381 g/mol. The maximum atomic E-state index is 6.09. The predicted octanol–water partition coefficient (Wildman–Crippen LogP) is 4.75. The second kappa shape index (κ2) is 6.00. The first-order chi connectivity index (χ1) is 13.1. The molecule has 1 aliphatic heterocycles. The van der Waals surface area contributed by atoms with Crippen molar-refractivity contribution in [3.8, 4) is 17.3 Å². The minimum absolute atomic E-state index is 0.244. The molecule has 5 rings (SSSR count). The first-order valence-electron chi connectivity index (χ1n) is 8.97. The molecule has 1 aliphatic rings. The number of rotatable bonds is 3. The van der Waals surface area contributed by atoms with Crippen molar-refractivity contribution in [3.63, 3.8) is 0 Å². The van der Waals surface area contributed by atoms with Gasteiger partial charge in [-0.2, -0.15) is 0 Å². The quantitative estimate of drug-likeness (QED) is 0.510. The number of nitrogens with zero attached hydrogens (tertiary/aromatic N) is 3. The summed E-state index contributed by atoms with van der Waals surface area (Å²) in [6.45, 7) is 7.25. The van der Waals surface area contributed by atoms with Crippen LogP contribution in [-0.4, -0.2) is 27.2 Å². The van der Waals surface area contributed by atoms with Gasteiger partial charge in [-0.3, -0.25) is 0 Å². The fraction of sp³-hybridized carbons (Fsp3) is 0.350. The zero-order valence-corrected chi connectivity index (χ0v) is 16.2. The lowest BCUT2D eigenvalue weighted by molar-refractivity contribution is -0.0395. The average Bonchev–Trinajstić information content (AvgIpc) is 3.28. The average molecular weight is 381 g/mol. The zero-order chi connectivity index (χ0) is 18.6. The van der Waals surface area contributed by atoms with Crippen molar-refractivity contribution >= 4 is 31.8 Å². The van der Waals surface area contributed by atoms with Crippen molar-refractivity contribution < 1.29 is 13.9 Å². The largest absolute Gasteiger partial charge is 0.477 e. The van der Waals surface area contributed by atoms with Gasteiger partial charge in [0.1, 0.15) is 21.6 Å². The van der Waals surface area contributed by atoms with E-state index in [-0.39, 0.29) is 5.60 Å². The molecule has 0 amide bonds. The van der Waals surface area contributed by atoms with E-state index in [0.29, 0.717) is 19.1 Å². The van der Waals surface area contributed by atoms with Crippen LogP contribution in [0.5, 0.6) is 5.88 Å². The molecule has 5 heterocycles. The fourth-order valence-electron chi connectivity index (χ4n) is 3.64. The lowest BCUT2D eigenvalue weighted by Gasteiger charge is -2.32. The Morgan fingerprint density at radius 1 is 1.26 bits per heavy atom. The summed E-state index contributed by atoms with van der Waals surface area (Å²) >= 11 is 1.57. The summed E-state index contributed by atoms with van der Waals surface area (Å²) < 4.78 is 18.4. The number of furan rings is 1. The molecule has 0 aliphatic carbocycles. The SMILES string of the molecule is CCOc1ncnc2c1sc1nc(-c3ccco3)c3c(c12)CC(C)(C)OC3. The van der Waals surface area contributed by atoms with Crippen LogP contribution in [0.15, 0.2) is 29.1 Å². The second-order valence-electron chi connectivity index (χ2n) is 7.19. The van der Waals surface area contributed by atoms with E-state index < -0.39 is 0 Å². The van der Waals surface area contributed by atoms with Crippen LogP contribution in [0.1, 0.15) is 31.9 Å². The van der Waals surface area contributed by atoms with Gasteiger partial charge >= 0.3 is 0 Å². The Hall–Kier alpha value is -2.51. The van der Waals surface area contributed by atoms with E-state index in [2.05, 4.69) is 23.8 Å². The van der Waals surface area contributed by atoms with Crippen molar-refractivity contribution in [2.75, 3.05) is 6.61 Å². The Morgan fingerprint density at radius 2 is 2.15 bits per heavy atom. The lowest BCUT2D eigenvalue weighted by atomic mass is 9.89. The van der Waals surface area contributed by atoms with E-state index >= 15 is 0 Å². The van der Waals surface area contributed by atoms with Gasteiger partial charge in [0.05, 0.1) is 30.6 Å². The van der Waals surface area contributed by atoms with Gasteiger partial charge < -0.3 is 13.9 Å². The molecule has 0 radical (unpaired) electrons. The molecule has 0 saturated carbocycles. The first-order valence-corrected chi connectivity index (χ1v) is 9.78. The van der Waals surface area contributed by atoms with Crippen LogP contribution in [-0.2, 0) is 17.8 Å². The maximum absolute atomic E-state index is 6.09. The number of fused-ring (bicyclic) bond motifs is 5. The van der Waals surface area contributed by atoms with Crippen LogP contribution in [0.2, 0.25) is 0 Å². The van der Waals surface area contributed by atoms with Gasteiger partial charge in [-0.15, -0.1) is 11.3 Å². The van der Waals surface area contributed by atoms with Gasteiger partial charge in [0.25, 0.3) is 0 Å². The number of ether oxygens (including phenoxy) is 2. The molecule has 0 spiro atoms. The maximum Gasteiger partial charge on any atom is 0.234 e. The minimum Gasteiger partial charge on any atom is -0.477 e. The fourth-order valence-corrected chi connectivity index (χ4v) is 4.74. The van der Waals surface area contributed by atoms with E-state index in [1.54, 1.807) is 23.9 Å². The topological polar surface area (TPSA) is 70.3 Å². The van der Waals surface area contributed by atoms with Gasteiger partial charge in [-0.25, -0.2) is 15.0 Å². The first kappa shape index (κ1) is 16.6. The van der Waals surface area contributed by atoms with Crippen LogP contribution in [0, 0.1) is 0 Å². The van der Waals surface area contributed by atoms with E-state index in [0.717, 1.165) is 43.9 Å². The van der Waals surface area contributed by atoms with Crippen LogP contribution in [0.3, 0.4) is 0 Å². The van der Waals surface area contributed by atoms with Crippen molar-refractivity contribution in [3.05, 3.63) is 35.9 Å². The zero-order valence-electron chi connectivity index (χ0n) is 15.4. The second-order valence-corrected chi connectivity index (χ2v) is 8.19. The minimum atomic E-state index is -0.244. The molecule has 27 heavy (non-hydrogen) atoms. The van der Waals surface area contributed by atoms with Crippen molar-refractivity contribution in [2.45, 2.75) is 39.4 Å². The molecule has 6 nitrogen and oxygen atoms in total. The van der Waals surface area contributed by atoms with Gasteiger partial charge in [-0.05, 0) is 38.5 Å². The summed E-state index contributed by atoms with van der Waals surface area (Å²) in [6, 6.07) is 3.82. The summed E-state index contributed by atoms with van der Waals surface area (Å²) in [5.74, 6) is 1.37. The lowest BCUT2D eigenvalue weighted by Crippen LogP contribution is -2.32. The number of thiophene rings is 1. The number of hydrogen-bond acceptors (Lipinski definition) is 7. The molecular weight excluding hydrogens is 362 g/mol. The summed E-state index contributed by atoms with van der Waals surface area (Å²) in [5.41, 5.74) is 3.81. The van der Waals surface area contributed by atoms with E-state index in [4.69, 9.17) is 18.9 Å². The van der Waals surface area contributed by atoms with Gasteiger partial charge in [-0.1, -0.05) is 0 Å². The highest BCUT2D eigenvalue weighted by Gasteiger charge is 2.32. The third-order valence-electron chi connectivity index (χ3n) is 4.83. The number of hydrogen-bond donors (Lipinski definition) is 0.